The maximum absolute atomic E-state index is 12.7. The Morgan fingerprint density at radius 2 is 1.93 bits per heavy atom. The molecule has 144 valence electrons. The fourth-order valence-electron chi connectivity index (χ4n) is 3.78. The minimum atomic E-state index is 0.159. The minimum Gasteiger partial charge on any atom is -0.378 e. The molecule has 0 saturated carbocycles. The molecule has 0 spiro atoms. The number of benzene rings is 1. The number of nitrogens with zero attached hydrogens (tertiary/aromatic N) is 4. The number of aromatic nitrogens is 3. The van der Waals surface area contributed by atoms with Crippen LogP contribution in [0.15, 0.2) is 23.4 Å². The van der Waals surface area contributed by atoms with Crippen molar-refractivity contribution in [2.75, 3.05) is 37.0 Å². The number of fused-ring (bicyclic) bond motifs is 1. The molecule has 2 heterocycles. The van der Waals surface area contributed by atoms with E-state index in [0.717, 1.165) is 62.4 Å². The van der Waals surface area contributed by atoms with Crippen LogP contribution in [0, 0.1) is 0 Å². The number of hydrogen-bond acceptors (Lipinski definition) is 6. The largest absolute Gasteiger partial charge is 0.378 e. The van der Waals surface area contributed by atoms with Gasteiger partial charge in [-0.1, -0.05) is 23.9 Å². The van der Waals surface area contributed by atoms with E-state index < -0.39 is 0 Å². The Balaban J connectivity index is 1.44. The molecule has 1 aliphatic carbocycles. The van der Waals surface area contributed by atoms with Gasteiger partial charge in [0.15, 0.2) is 10.9 Å². The first-order valence-electron chi connectivity index (χ1n) is 9.80. The van der Waals surface area contributed by atoms with Crippen molar-refractivity contribution in [3.8, 4) is 0 Å². The molecule has 1 saturated heterocycles. The van der Waals surface area contributed by atoms with E-state index in [1.54, 1.807) is 0 Å². The summed E-state index contributed by atoms with van der Waals surface area (Å²) >= 11 is 1.48. The van der Waals surface area contributed by atoms with E-state index in [9.17, 15) is 4.79 Å². The smallest absolute Gasteiger partial charge is 0.228 e. The molecule has 27 heavy (non-hydrogen) atoms. The maximum Gasteiger partial charge on any atom is 0.228 e. The molecule has 0 radical (unpaired) electrons. The van der Waals surface area contributed by atoms with E-state index in [-0.39, 0.29) is 5.78 Å². The molecule has 1 aromatic carbocycles. The summed E-state index contributed by atoms with van der Waals surface area (Å²) in [6.45, 7) is 5.97. The van der Waals surface area contributed by atoms with Gasteiger partial charge in [0, 0.05) is 25.2 Å². The van der Waals surface area contributed by atoms with Crippen LogP contribution in [0.4, 0.5) is 5.95 Å². The van der Waals surface area contributed by atoms with Crippen LogP contribution >= 0.6 is 11.8 Å². The highest BCUT2D eigenvalue weighted by molar-refractivity contribution is 7.99. The molecule has 6 nitrogen and oxygen atoms in total. The van der Waals surface area contributed by atoms with Crippen molar-refractivity contribution in [1.29, 1.82) is 0 Å². The number of thioether (sulfide) groups is 1. The molecule has 2 aromatic rings. The second-order valence-electron chi connectivity index (χ2n) is 7.03. The molecule has 7 heteroatoms. The summed E-state index contributed by atoms with van der Waals surface area (Å²) < 4.78 is 7.51. The van der Waals surface area contributed by atoms with Gasteiger partial charge in [-0.3, -0.25) is 9.36 Å². The van der Waals surface area contributed by atoms with E-state index in [1.165, 1.54) is 35.7 Å². The van der Waals surface area contributed by atoms with Crippen molar-refractivity contribution in [1.82, 2.24) is 14.8 Å². The van der Waals surface area contributed by atoms with Gasteiger partial charge in [-0.2, -0.15) is 0 Å². The van der Waals surface area contributed by atoms with Crippen molar-refractivity contribution in [3.63, 3.8) is 0 Å². The standard InChI is InChI=1S/C20H26N4O2S/c1-2-24-19(23-9-11-26-12-10-23)21-22-20(24)27-14-18(25)17-8-7-15-5-3-4-6-16(15)13-17/h7-8,13H,2-6,9-12,14H2,1H3. The Kier molecular flexibility index (Phi) is 5.78. The second-order valence-corrected chi connectivity index (χ2v) is 7.97. The lowest BCUT2D eigenvalue weighted by Crippen LogP contribution is -2.38. The average Bonchev–Trinajstić information content (AvgIpc) is 3.15. The molecule has 0 N–H and O–H groups in total. The number of morpholine rings is 1. The fraction of sp³-hybridized carbons (Fsp3) is 0.550. The van der Waals surface area contributed by atoms with E-state index in [2.05, 4.69) is 38.7 Å². The van der Waals surface area contributed by atoms with Crippen molar-refractivity contribution in [2.45, 2.75) is 44.3 Å². The number of carbonyl (C=O) groups excluding carboxylic acids is 1. The molecule has 1 fully saturated rings. The zero-order valence-electron chi connectivity index (χ0n) is 15.8. The topological polar surface area (TPSA) is 60.2 Å². The molecular formula is C20H26N4O2S. The molecule has 1 aliphatic heterocycles. The van der Waals surface area contributed by atoms with Crippen LogP contribution in [-0.2, 0) is 24.1 Å². The van der Waals surface area contributed by atoms with Gasteiger partial charge < -0.3 is 9.64 Å². The highest BCUT2D eigenvalue weighted by Crippen LogP contribution is 2.25. The van der Waals surface area contributed by atoms with Crippen LogP contribution in [0.25, 0.3) is 0 Å². The third-order valence-electron chi connectivity index (χ3n) is 5.31. The zero-order valence-corrected chi connectivity index (χ0v) is 16.6. The maximum atomic E-state index is 12.7. The van der Waals surface area contributed by atoms with Crippen molar-refractivity contribution >= 4 is 23.5 Å². The SMILES string of the molecule is CCn1c(SCC(=O)c2ccc3c(c2)CCCC3)nnc1N1CCOCC1. The minimum absolute atomic E-state index is 0.159. The predicted octanol–water partition coefficient (Wildman–Crippen LogP) is 2.99. The van der Waals surface area contributed by atoms with Gasteiger partial charge in [0.2, 0.25) is 5.95 Å². The van der Waals surface area contributed by atoms with E-state index in [1.807, 2.05) is 6.07 Å². The first-order valence-corrected chi connectivity index (χ1v) is 10.8. The lowest BCUT2D eigenvalue weighted by Gasteiger charge is -2.27. The first kappa shape index (κ1) is 18.5. The van der Waals surface area contributed by atoms with E-state index in [0.29, 0.717) is 5.75 Å². The normalized spacial score (nSPS) is 17.0. The van der Waals surface area contributed by atoms with E-state index >= 15 is 0 Å². The van der Waals surface area contributed by atoms with Crippen LogP contribution in [0.5, 0.6) is 0 Å². The van der Waals surface area contributed by atoms with Crippen molar-refractivity contribution in [3.05, 3.63) is 34.9 Å². The van der Waals surface area contributed by atoms with Crippen molar-refractivity contribution < 1.29 is 9.53 Å². The molecule has 4 rings (SSSR count). The number of ketones is 1. The summed E-state index contributed by atoms with van der Waals surface area (Å²) in [4.78, 5) is 14.9. The highest BCUT2D eigenvalue weighted by Gasteiger charge is 2.21. The molecule has 0 atom stereocenters. The van der Waals surface area contributed by atoms with Crippen LogP contribution in [-0.4, -0.2) is 52.6 Å². The highest BCUT2D eigenvalue weighted by atomic mass is 32.2. The molecule has 0 amide bonds. The number of Topliss-reactive ketones (excluding diaryl/α,β-unsaturated/α-hetero) is 1. The fourth-order valence-corrected chi connectivity index (χ4v) is 4.67. The molecular weight excluding hydrogens is 360 g/mol. The zero-order chi connectivity index (χ0) is 18.6. The summed E-state index contributed by atoms with van der Waals surface area (Å²) in [5.74, 6) is 1.43. The predicted molar refractivity (Wildman–Crippen MR) is 107 cm³/mol. The number of carbonyl (C=O) groups is 1. The summed E-state index contributed by atoms with van der Waals surface area (Å²) in [5, 5.41) is 9.52. The number of ether oxygens (including phenoxy) is 1. The van der Waals surface area contributed by atoms with Crippen molar-refractivity contribution in [2.24, 2.45) is 0 Å². The average molecular weight is 387 g/mol. The Morgan fingerprint density at radius 3 is 2.70 bits per heavy atom. The van der Waals surface area contributed by atoms with Crippen LogP contribution in [0.3, 0.4) is 0 Å². The summed E-state index contributed by atoms with van der Waals surface area (Å²) in [5.41, 5.74) is 3.58. The Morgan fingerprint density at radius 1 is 1.15 bits per heavy atom. The van der Waals surface area contributed by atoms with Gasteiger partial charge in [-0.05, 0) is 49.8 Å². The van der Waals surface area contributed by atoms with Gasteiger partial charge in [0.1, 0.15) is 0 Å². The quantitative estimate of drug-likeness (QED) is 0.562. The first-order chi connectivity index (χ1) is 13.3. The van der Waals surface area contributed by atoms with Crippen LogP contribution < -0.4 is 4.90 Å². The summed E-state index contributed by atoms with van der Waals surface area (Å²) in [7, 11) is 0. The Labute approximate surface area is 164 Å². The Hall–Kier alpha value is -1.86. The second kappa shape index (κ2) is 8.44. The number of hydrogen-bond donors (Lipinski definition) is 0. The lowest BCUT2D eigenvalue weighted by molar-refractivity contribution is 0.102. The number of aryl methyl sites for hydroxylation is 2. The van der Waals surface area contributed by atoms with Crippen LogP contribution in [0.1, 0.15) is 41.3 Å². The Bertz CT molecular complexity index is 814. The molecule has 2 aliphatic rings. The lowest BCUT2D eigenvalue weighted by atomic mass is 9.90. The van der Waals surface area contributed by atoms with Crippen LogP contribution in [0.2, 0.25) is 0 Å². The molecule has 0 unspecified atom stereocenters. The monoisotopic (exact) mass is 386 g/mol. The summed E-state index contributed by atoms with van der Waals surface area (Å²) in [6.07, 6.45) is 4.72. The third-order valence-corrected chi connectivity index (χ3v) is 6.28. The molecule has 1 aromatic heterocycles. The number of anilines is 1. The van der Waals surface area contributed by atoms with Gasteiger partial charge in [0.25, 0.3) is 0 Å². The molecule has 0 bridgehead atoms. The van der Waals surface area contributed by atoms with Gasteiger partial charge in [-0.25, -0.2) is 0 Å². The summed E-state index contributed by atoms with van der Waals surface area (Å²) in [6, 6.07) is 6.22. The third kappa shape index (κ3) is 4.04. The van der Waals surface area contributed by atoms with Gasteiger partial charge in [0.05, 0.1) is 19.0 Å². The van der Waals surface area contributed by atoms with Gasteiger partial charge in [-0.15, -0.1) is 10.2 Å². The van der Waals surface area contributed by atoms with Gasteiger partial charge >= 0.3 is 0 Å². The van der Waals surface area contributed by atoms with E-state index in [4.69, 9.17) is 4.74 Å². The number of rotatable bonds is 6.